The lowest BCUT2D eigenvalue weighted by atomic mass is 9.66. The standard InChI is InChI=1S/C23H26/c1-16-14-20-21(23(12-13-23)11-10-22(20,3)4)15-19(16)17(2)18-8-6-5-7-9-18/h5-9,14-15H,2,10-13H2,1,3-4H3. The molecule has 1 saturated carbocycles. The van der Waals surface area contributed by atoms with Crippen molar-refractivity contribution in [3.8, 4) is 0 Å². The highest BCUT2D eigenvalue weighted by Gasteiger charge is 2.50. The minimum atomic E-state index is 0.306. The highest BCUT2D eigenvalue weighted by molar-refractivity contribution is 5.80. The van der Waals surface area contributed by atoms with E-state index < -0.39 is 0 Å². The molecule has 0 unspecified atom stereocenters. The summed E-state index contributed by atoms with van der Waals surface area (Å²) in [5.41, 5.74) is 9.09. The zero-order valence-electron chi connectivity index (χ0n) is 14.6. The second-order valence-electron chi connectivity index (χ2n) is 8.22. The summed E-state index contributed by atoms with van der Waals surface area (Å²) >= 11 is 0. The van der Waals surface area contributed by atoms with Crippen LogP contribution in [0, 0.1) is 6.92 Å². The normalized spacial score (nSPS) is 20.1. The molecule has 2 aromatic rings. The lowest BCUT2D eigenvalue weighted by Crippen LogP contribution is -2.30. The molecule has 0 atom stereocenters. The number of rotatable bonds is 2. The molecule has 0 amide bonds. The van der Waals surface area contributed by atoms with E-state index in [9.17, 15) is 0 Å². The Balaban J connectivity index is 1.86. The number of fused-ring (bicyclic) bond motifs is 2. The molecule has 0 aliphatic heterocycles. The molecule has 23 heavy (non-hydrogen) atoms. The molecule has 0 heteroatoms. The number of aryl methyl sites for hydroxylation is 1. The van der Waals surface area contributed by atoms with Crippen LogP contribution in [0.25, 0.3) is 5.57 Å². The van der Waals surface area contributed by atoms with Crippen LogP contribution in [0.4, 0.5) is 0 Å². The van der Waals surface area contributed by atoms with Crippen molar-refractivity contribution in [2.75, 3.05) is 0 Å². The van der Waals surface area contributed by atoms with Crippen molar-refractivity contribution in [3.05, 3.63) is 76.9 Å². The van der Waals surface area contributed by atoms with Crippen molar-refractivity contribution in [2.24, 2.45) is 0 Å². The van der Waals surface area contributed by atoms with Gasteiger partial charge in [0.05, 0.1) is 0 Å². The van der Waals surface area contributed by atoms with Crippen molar-refractivity contribution in [1.29, 1.82) is 0 Å². The van der Waals surface area contributed by atoms with Crippen LogP contribution in [0.2, 0.25) is 0 Å². The molecular formula is C23H26. The summed E-state index contributed by atoms with van der Waals surface area (Å²) in [5.74, 6) is 0. The largest absolute Gasteiger partial charge is 0.0905 e. The first-order chi connectivity index (χ1) is 10.9. The zero-order valence-corrected chi connectivity index (χ0v) is 14.6. The van der Waals surface area contributed by atoms with E-state index in [1.165, 1.54) is 42.4 Å². The number of hydrogen-bond donors (Lipinski definition) is 0. The Labute approximate surface area is 140 Å². The molecule has 1 fully saturated rings. The molecule has 0 bridgehead atoms. The van der Waals surface area contributed by atoms with Crippen LogP contribution in [-0.4, -0.2) is 0 Å². The van der Waals surface area contributed by atoms with Crippen LogP contribution >= 0.6 is 0 Å². The summed E-state index contributed by atoms with van der Waals surface area (Å²) in [6.07, 6.45) is 5.42. The van der Waals surface area contributed by atoms with E-state index in [1.54, 1.807) is 11.1 Å². The SMILES string of the molecule is C=C(c1ccccc1)c1cc2c(cc1C)C(C)(C)CCC21CC1. The molecule has 2 aliphatic carbocycles. The maximum Gasteiger partial charge on any atom is -0.00429 e. The van der Waals surface area contributed by atoms with Gasteiger partial charge in [0.1, 0.15) is 0 Å². The maximum atomic E-state index is 4.41. The van der Waals surface area contributed by atoms with Gasteiger partial charge in [-0.2, -0.15) is 0 Å². The van der Waals surface area contributed by atoms with Gasteiger partial charge >= 0.3 is 0 Å². The van der Waals surface area contributed by atoms with E-state index in [4.69, 9.17) is 0 Å². The summed E-state index contributed by atoms with van der Waals surface area (Å²) in [6.45, 7) is 11.5. The van der Waals surface area contributed by atoms with Crippen molar-refractivity contribution in [2.45, 2.75) is 57.3 Å². The van der Waals surface area contributed by atoms with Crippen molar-refractivity contribution < 1.29 is 0 Å². The lowest BCUT2D eigenvalue weighted by Gasteiger charge is -2.38. The molecule has 4 rings (SSSR count). The minimum Gasteiger partial charge on any atom is -0.0905 e. The van der Waals surface area contributed by atoms with Gasteiger partial charge in [0.2, 0.25) is 0 Å². The molecule has 1 spiro atoms. The van der Waals surface area contributed by atoms with Crippen LogP contribution in [0.5, 0.6) is 0 Å². The molecule has 0 radical (unpaired) electrons. The van der Waals surface area contributed by atoms with Gasteiger partial charge in [0.15, 0.2) is 0 Å². The van der Waals surface area contributed by atoms with Gasteiger partial charge in [-0.15, -0.1) is 0 Å². The van der Waals surface area contributed by atoms with E-state index in [-0.39, 0.29) is 0 Å². The fourth-order valence-corrected chi connectivity index (χ4v) is 4.32. The first-order valence-corrected chi connectivity index (χ1v) is 8.83. The lowest BCUT2D eigenvalue weighted by molar-refractivity contribution is 0.382. The molecule has 0 aromatic heterocycles. The third-order valence-corrected chi connectivity index (χ3v) is 6.19. The third kappa shape index (κ3) is 2.27. The van der Waals surface area contributed by atoms with Gasteiger partial charge in [0.25, 0.3) is 0 Å². The van der Waals surface area contributed by atoms with E-state index in [2.05, 4.69) is 69.8 Å². The van der Waals surface area contributed by atoms with Gasteiger partial charge in [-0.1, -0.05) is 62.9 Å². The minimum absolute atomic E-state index is 0.306. The van der Waals surface area contributed by atoms with Crippen LogP contribution in [0.1, 0.15) is 67.3 Å². The molecule has 2 aliphatic rings. The van der Waals surface area contributed by atoms with Crippen molar-refractivity contribution >= 4 is 5.57 Å². The third-order valence-electron chi connectivity index (χ3n) is 6.19. The average molecular weight is 302 g/mol. The first kappa shape index (κ1) is 14.8. The van der Waals surface area contributed by atoms with Crippen LogP contribution in [0.15, 0.2) is 49.0 Å². The molecule has 0 N–H and O–H groups in total. The van der Waals surface area contributed by atoms with Gasteiger partial charge in [0, 0.05) is 0 Å². The zero-order chi connectivity index (χ0) is 16.2. The second kappa shape index (κ2) is 4.84. The van der Waals surface area contributed by atoms with Crippen LogP contribution in [0.3, 0.4) is 0 Å². The molecule has 0 saturated heterocycles. The summed E-state index contributed by atoms with van der Waals surface area (Å²) < 4.78 is 0. The molecule has 2 aromatic carbocycles. The van der Waals surface area contributed by atoms with Crippen molar-refractivity contribution in [3.63, 3.8) is 0 Å². The maximum absolute atomic E-state index is 4.41. The van der Waals surface area contributed by atoms with Crippen LogP contribution < -0.4 is 0 Å². The number of benzene rings is 2. The Bertz CT molecular complexity index is 773. The summed E-state index contributed by atoms with van der Waals surface area (Å²) in [7, 11) is 0. The fourth-order valence-electron chi connectivity index (χ4n) is 4.32. The Morgan fingerprint density at radius 1 is 0.913 bits per heavy atom. The van der Waals surface area contributed by atoms with Crippen molar-refractivity contribution in [1.82, 2.24) is 0 Å². The second-order valence-corrected chi connectivity index (χ2v) is 8.22. The average Bonchev–Trinajstić information content (AvgIpc) is 3.33. The summed E-state index contributed by atoms with van der Waals surface area (Å²) in [6, 6.07) is 15.5. The van der Waals surface area contributed by atoms with E-state index >= 15 is 0 Å². The molecule has 0 heterocycles. The van der Waals surface area contributed by atoms with Gasteiger partial charge in [-0.05, 0) is 76.8 Å². The van der Waals surface area contributed by atoms with E-state index in [0.717, 1.165) is 5.57 Å². The summed E-state index contributed by atoms with van der Waals surface area (Å²) in [4.78, 5) is 0. The summed E-state index contributed by atoms with van der Waals surface area (Å²) in [5, 5.41) is 0. The topological polar surface area (TPSA) is 0 Å². The predicted octanol–water partition coefficient (Wildman–Crippen LogP) is 6.16. The molecule has 0 nitrogen and oxygen atoms in total. The quantitative estimate of drug-likeness (QED) is 0.623. The Morgan fingerprint density at radius 2 is 1.57 bits per heavy atom. The Kier molecular flexibility index (Phi) is 3.10. The molecule has 118 valence electrons. The van der Waals surface area contributed by atoms with Gasteiger partial charge in [-0.3, -0.25) is 0 Å². The highest BCUT2D eigenvalue weighted by atomic mass is 14.5. The smallest absolute Gasteiger partial charge is 0.00429 e. The van der Waals surface area contributed by atoms with E-state index in [0.29, 0.717) is 10.8 Å². The monoisotopic (exact) mass is 302 g/mol. The number of hydrogen-bond acceptors (Lipinski definition) is 0. The van der Waals surface area contributed by atoms with E-state index in [1.807, 2.05) is 0 Å². The van der Waals surface area contributed by atoms with Gasteiger partial charge < -0.3 is 0 Å². The Morgan fingerprint density at radius 3 is 2.22 bits per heavy atom. The predicted molar refractivity (Wildman–Crippen MR) is 98.9 cm³/mol. The first-order valence-electron chi connectivity index (χ1n) is 8.83. The fraction of sp³-hybridized carbons (Fsp3) is 0.391. The Hall–Kier alpha value is -1.82. The van der Waals surface area contributed by atoms with Gasteiger partial charge in [-0.25, -0.2) is 0 Å². The molecular weight excluding hydrogens is 276 g/mol. The van der Waals surface area contributed by atoms with Crippen LogP contribution in [-0.2, 0) is 10.8 Å². The highest BCUT2D eigenvalue weighted by Crippen LogP contribution is 2.59.